The number of aryl methyl sites for hydroxylation is 4. The lowest BCUT2D eigenvalue weighted by atomic mass is 10.1. The summed E-state index contributed by atoms with van der Waals surface area (Å²) in [6, 6.07) is 15.7. The van der Waals surface area contributed by atoms with Crippen molar-refractivity contribution in [2.45, 2.75) is 34.6 Å². The molecule has 1 aromatic heterocycles. The molecule has 0 saturated carbocycles. The van der Waals surface area contributed by atoms with E-state index in [1.807, 2.05) is 77.1 Å². The average Bonchev–Trinajstić information content (AvgIpc) is 2.99. The summed E-state index contributed by atoms with van der Waals surface area (Å²) in [5, 5.41) is 4.08. The summed E-state index contributed by atoms with van der Waals surface area (Å²) in [4.78, 5) is 12.6. The van der Waals surface area contributed by atoms with Gasteiger partial charge in [0.1, 0.15) is 6.54 Å². The Balaban J connectivity index is 1.78. The highest BCUT2D eigenvalue weighted by atomic mass is 32.2. The van der Waals surface area contributed by atoms with E-state index < -0.39 is 15.9 Å². The zero-order chi connectivity index (χ0) is 24.3. The lowest BCUT2D eigenvalue weighted by Gasteiger charge is -2.25. The predicted octanol–water partition coefficient (Wildman–Crippen LogP) is 3.94. The number of para-hydroxylation sites is 1. The third kappa shape index (κ3) is 5.51. The summed E-state index contributed by atoms with van der Waals surface area (Å²) in [6.45, 7) is 9.34. The Hall–Kier alpha value is -3.39. The van der Waals surface area contributed by atoms with Gasteiger partial charge < -0.3 is 4.57 Å². The number of anilines is 1. The number of nitrogens with one attached hydrogen (secondary N) is 1. The van der Waals surface area contributed by atoms with Crippen LogP contribution in [0, 0.1) is 34.6 Å². The van der Waals surface area contributed by atoms with Gasteiger partial charge in [-0.05, 0) is 69.5 Å². The SMILES string of the molecule is Cc1cccc(-n2c(C)cc(/C=N/NC(=O)CN(c3c(C)cccc3C)S(C)(=O)=O)c2C)c1. The van der Waals surface area contributed by atoms with Gasteiger partial charge in [0.15, 0.2) is 0 Å². The lowest BCUT2D eigenvalue weighted by Crippen LogP contribution is -2.39. The number of rotatable bonds is 7. The van der Waals surface area contributed by atoms with Gasteiger partial charge in [0.2, 0.25) is 10.0 Å². The van der Waals surface area contributed by atoms with Crippen LogP contribution in [0.25, 0.3) is 5.69 Å². The molecule has 0 bridgehead atoms. The predicted molar refractivity (Wildman–Crippen MR) is 134 cm³/mol. The second-order valence-electron chi connectivity index (χ2n) is 8.30. The van der Waals surface area contributed by atoms with Gasteiger partial charge in [0.05, 0.1) is 18.2 Å². The van der Waals surface area contributed by atoms with Crippen molar-refractivity contribution in [3.63, 3.8) is 0 Å². The van der Waals surface area contributed by atoms with Crippen LogP contribution in [-0.2, 0) is 14.8 Å². The zero-order valence-corrected chi connectivity index (χ0v) is 20.7. The number of carbonyl (C=O) groups is 1. The smallest absolute Gasteiger partial charge is 0.260 e. The summed E-state index contributed by atoms with van der Waals surface area (Å²) in [5.41, 5.74) is 9.66. The maximum atomic E-state index is 12.6. The Morgan fingerprint density at radius 3 is 2.27 bits per heavy atom. The van der Waals surface area contributed by atoms with Crippen molar-refractivity contribution < 1.29 is 13.2 Å². The van der Waals surface area contributed by atoms with Crippen LogP contribution < -0.4 is 9.73 Å². The molecule has 0 spiro atoms. The molecule has 3 aromatic rings. The second kappa shape index (κ2) is 9.62. The maximum Gasteiger partial charge on any atom is 0.260 e. The van der Waals surface area contributed by atoms with E-state index in [2.05, 4.69) is 21.2 Å². The molecule has 1 N–H and O–H groups in total. The molecule has 0 aliphatic heterocycles. The number of nitrogens with zero attached hydrogens (tertiary/aromatic N) is 3. The van der Waals surface area contributed by atoms with Gasteiger partial charge in [-0.15, -0.1) is 0 Å². The quantitative estimate of drug-likeness (QED) is 0.423. The fourth-order valence-corrected chi connectivity index (χ4v) is 4.95. The molecule has 1 heterocycles. The molecule has 0 saturated heterocycles. The summed E-state index contributed by atoms with van der Waals surface area (Å²) in [5.74, 6) is -0.521. The molecule has 0 aliphatic rings. The van der Waals surface area contributed by atoms with Crippen LogP contribution in [-0.4, -0.2) is 37.9 Å². The molecule has 33 heavy (non-hydrogen) atoms. The second-order valence-corrected chi connectivity index (χ2v) is 10.2. The largest absolute Gasteiger partial charge is 0.318 e. The molecule has 0 unspecified atom stereocenters. The van der Waals surface area contributed by atoms with Crippen LogP contribution in [0.5, 0.6) is 0 Å². The molecule has 1 amide bonds. The third-order valence-corrected chi connectivity index (χ3v) is 6.61. The van der Waals surface area contributed by atoms with Gasteiger partial charge in [-0.3, -0.25) is 9.10 Å². The van der Waals surface area contributed by atoms with Crippen LogP contribution >= 0.6 is 0 Å². The Morgan fingerprint density at radius 1 is 1.03 bits per heavy atom. The Bertz CT molecular complexity index is 1300. The highest BCUT2D eigenvalue weighted by Gasteiger charge is 2.23. The molecular formula is C25H30N4O3S. The first-order valence-electron chi connectivity index (χ1n) is 10.6. The standard InChI is InChI=1S/C25H30N4O3S/c1-17-9-7-12-23(13-17)29-20(4)14-22(21(29)5)15-26-27-24(30)16-28(33(6,31)32)25-18(2)10-8-11-19(25)3/h7-15H,16H2,1-6H3,(H,27,30)/b26-15+. The van der Waals surface area contributed by atoms with Crippen LogP contribution in [0.15, 0.2) is 53.6 Å². The number of aromatic nitrogens is 1. The minimum Gasteiger partial charge on any atom is -0.318 e. The molecule has 3 rings (SSSR count). The average molecular weight is 467 g/mol. The molecule has 0 fully saturated rings. The van der Waals surface area contributed by atoms with E-state index in [1.54, 1.807) is 6.21 Å². The maximum absolute atomic E-state index is 12.6. The van der Waals surface area contributed by atoms with E-state index in [4.69, 9.17) is 0 Å². The number of carbonyl (C=O) groups excluding carboxylic acids is 1. The van der Waals surface area contributed by atoms with E-state index in [1.165, 1.54) is 5.56 Å². The van der Waals surface area contributed by atoms with E-state index >= 15 is 0 Å². The fraction of sp³-hybridized carbons (Fsp3) is 0.280. The Morgan fingerprint density at radius 2 is 1.67 bits per heavy atom. The van der Waals surface area contributed by atoms with Gasteiger partial charge in [-0.2, -0.15) is 5.10 Å². The van der Waals surface area contributed by atoms with Crippen molar-refractivity contribution >= 4 is 27.8 Å². The van der Waals surface area contributed by atoms with Crippen LogP contribution in [0.3, 0.4) is 0 Å². The number of sulfonamides is 1. The van der Waals surface area contributed by atoms with E-state index in [0.29, 0.717) is 5.69 Å². The molecule has 0 atom stereocenters. The topological polar surface area (TPSA) is 83.8 Å². The van der Waals surface area contributed by atoms with Crippen LogP contribution in [0.1, 0.15) is 33.6 Å². The van der Waals surface area contributed by atoms with E-state index in [-0.39, 0.29) is 6.54 Å². The number of hydrogen-bond acceptors (Lipinski definition) is 4. The van der Waals surface area contributed by atoms with Crippen molar-refractivity contribution in [3.8, 4) is 5.69 Å². The molecule has 174 valence electrons. The summed E-state index contributed by atoms with van der Waals surface area (Å²) in [6.07, 6.45) is 2.67. The number of hydrogen-bond donors (Lipinski definition) is 1. The minimum atomic E-state index is -3.66. The Kier molecular flexibility index (Phi) is 7.07. The highest BCUT2D eigenvalue weighted by molar-refractivity contribution is 7.92. The molecule has 0 aliphatic carbocycles. The van der Waals surface area contributed by atoms with Crippen molar-refractivity contribution in [2.75, 3.05) is 17.1 Å². The highest BCUT2D eigenvalue weighted by Crippen LogP contribution is 2.26. The summed E-state index contributed by atoms with van der Waals surface area (Å²) >= 11 is 0. The first kappa shape index (κ1) is 24.3. The summed E-state index contributed by atoms with van der Waals surface area (Å²) in [7, 11) is -3.66. The first-order chi connectivity index (χ1) is 15.5. The van der Waals surface area contributed by atoms with Crippen molar-refractivity contribution in [2.24, 2.45) is 5.10 Å². The lowest BCUT2D eigenvalue weighted by molar-refractivity contribution is -0.119. The normalized spacial score (nSPS) is 11.7. The van der Waals surface area contributed by atoms with Crippen molar-refractivity contribution in [1.29, 1.82) is 0 Å². The minimum absolute atomic E-state index is 0.357. The summed E-state index contributed by atoms with van der Waals surface area (Å²) < 4.78 is 28.1. The van der Waals surface area contributed by atoms with Gasteiger partial charge in [-0.1, -0.05) is 30.3 Å². The van der Waals surface area contributed by atoms with E-state index in [9.17, 15) is 13.2 Å². The van der Waals surface area contributed by atoms with Gasteiger partial charge in [-0.25, -0.2) is 13.8 Å². The van der Waals surface area contributed by atoms with Gasteiger partial charge >= 0.3 is 0 Å². The van der Waals surface area contributed by atoms with Gasteiger partial charge in [0, 0.05) is 22.6 Å². The molecule has 7 nitrogen and oxygen atoms in total. The monoisotopic (exact) mass is 466 g/mol. The molecular weight excluding hydrogens is 436 g/mol. The van der Waals surface area contributed by atoms with Crippen molar-refractivity contribution in [3.05, 3.63) is 82.2 Å². The van der Waals surface area contributed by atoms with E-state index in [0.717, 1.165) is 44.3 Å². The number of amides is 1. The third-order valence-electron chi connectivity index (χ3n) is 5.50. The zero-order valence-electron chi connectivity index (χ0n) is 19.9. The number of benzene rings is 2. The molecule has 0 radical (unpaired) electrons. The molecule has 8 heteroatoms. The van der Waals surface area contributed by atoms with Crippen molar-refractivity contribution in [1.82, 2.24) is 9.99 Å². The first-order valence-corrected chi connectivity index (χ1v) is 12.5. The van der Waals surface area contributed by atoms with Crippen LogP contribution in [0.2, 0.25) is 0 Å². The Labute approximate surface area is 195 Å². The van der Waals surface area contributed by atoms with Gasteiger partial charge in [0.25, 0.3) is 5.91 Å². The molecule has 2 aromatic carbocycles. The number of hydrazone groups is 1. The van der Waals surface area contributed by atoms with Crippen LogP contribution in [0.4, 0.5) is 5.69 Å². The fourth-order valence-electron chi connectivity index (χ4n) is 3.98.